The molecule has 1 N–H and O–H groups in total. The Hall–Kier alpha value is -2.54. The van der Waals surface area contributed by atoms with Crippen molar-refractivity contribution >= 4 is 35.1 Å². The summed E-state index contributed by atoms with van der Waals surface area (Å²) in [7, 11) is 0. The number of carbonyl (C=O) groups is 2. The molecule has 0 saturated heterocycles. The second kappa shape index (κ2) is 8.93. The molecule has 0 bridgehead atoms. The summed E-state index contributed by atoms with van der Waals surface area (Å²) < 4.78 is 17.9. The van der Waals surface area contributed by atoms with Gasteiger partial charge in [0, 0.05) is 5.56 Å². The van der Waals surface area contributed by atoms with Gasteiger partial charge >= 0.3 is 6.09 Å². The monoisotopic (exact) mass is 348 g/mol. The highest BCUT2D eigenvalue weighted by Gasteiger charge is 2.09. The molecule has 24 heavy (non-hydrogen) atoms. The quantitative estimate of drug-likeness (QED) is 0.453. The summed E-state index contributed by atoms with van der Waals surface area (Å²) in [5.41, 5.74) is 1.94. The minimum atomic E-state index is -0.575. The minimum Gasteiger partial charge on any atom is -0.449 e. The number of halogens is 1. The Morgan fingerprint density at radius 2 is 2.08 bits per heavy atom. The fraction of sp³-hybridized carbons (Fsp3) is 0.235. The second-order valence-corrected chi connectivity index (χ2v) is 5.77. The van der Waals surface area contributed by atoms with Crippen LogP contribution in [0.15, 0.2) is 35.9 Å². The van der Waals surface area contributed by atoms with Crippen molar-refractivity contribution < 1.29 is 18.7 Å². The first-order valence-corrected chi connectivity index (χ1v) is 8.33. The molecule has 1 amide bonds. The van der Waals surface area contributed by atoms with Crippen molar-refractivity contribution in [1.82, 2.24) is 4.98 Å². The van der Waals surface area contributed by atoms with Crippen LogP contribution in [0.25, 0.3) is 6.08 Å². The Balaban J connectivity index is 1.98. The van der Waals surface area contributed by atoms with Gasteiger partial charge in [-0.2, -0.15) is 0 Å². The van der Waals surface area contributed by atoms with Gasteiger partial charge in [0.05, 0.1) is 17.0 Å². The number of rotatable bonds is 7. The van der Waals surface area contributed by atoms with Gasteiger partial charge in [-0.05, 0) is 42.8 Å². The Labute approximate surface area is 143 Å². The third kappa shape index (κ3) is 5.27. The molecular formula is C17H17FN2O3S. The molecule has 0 radical (unpaired) electrons. The van der Waals surface area contributed by atoms with Crippen LogP contribution >= 0.6 is 11.3 Å². The number of aromatic nitrogens is 1. The van der Waals surface area contributed by atoms with Crippen molar-refractivity contribution in [2.45, 2.75) is 19.8 Å². The van der Waals surface area contributed by atoms with Crippen molar-refractivity contribution in [3.63, 3.8) is 0 Å². The molecule has 0 aliphatic rings. The minimum absolute atomic E-state index is 0.264. The third-order valence-corrected chi connectivity index (χ3v) is 3.86. The molecule has 2 aromatic rings. The molecule has 0 atom stereocenters. The van der Waals surface area contributed by atoms with Gasteiger partial charge in [0.15, 0.2) is 11.6 Å². The number of anilines is 1. The van der Waals surface area contributed by atoms with Crippen molar-refractivity contribution in [3.8, 4) is 0 Å². The summed E-state index contributed by atoms with van der Waals surface area (Å²) in [5, 5.41) is 2.55. The van der Waals surface area contributed by atoms with Crippen LogP contribution in [0.3, 0.4) is 0 Å². The summed E-state index contributed by atoms with van der Waals surface area (Å²) >= 11 is 1.28. The zero-order valence-electron chi connectivity index (χ0n) is 13.1. The van der Waals surface area contributed by atoms with Crippen LogP contribution in [0.1, 0.15) is 35.0 Å². The summed E-state index contributed by atoms with van der Waals surface area (Å²) in [6.45, 7) is 2.35. The SMILES string of the molecule is CCCCOC(=O)Nc1ncsc1/C=C/C(=O)c1ccc(F)cc1. The fourth-order valence-electron chi connectivity index (χ4n) is 1.77. The Morgan fingerprint density at radius 3 is 2.79 bits per heavy atom. The number of hydrogen-bond donors (Lipinski definition) is 1. The second-order valence-electron chi connectivity index (χ2n) is 4.88. The number of thiazole rings is 1. The number of ketones is 1. The Bertz CT molecular complexity index is 726. The van der Waals surface area contributed by atoms with Gasteiger partial charge in [-0.15, -0.1) is 11.3 Å². The number of nitrogens with zero attached hydrogens (tertiary/aromatic N) is 1. The molecule has 0 fully saturated rings. The van der Waals surface area contributed by atoms with Gasteiger partial charge in [0.25, 0.3) is 0 Å². The number of allylic oxidation sites excluding steroid dienone is 1. The van der Waals surface area contributed by atoms with Gasteiger partial charge in [-0.3, -0.25) is 10.1 Å². The van der Waals surface area contributed by atoms with E-state index in [0.717, 1.165) is 12.8 Å². The number of benzene rings is 1. The zero-order chi connectivity index (χ0) is 17.4. The molecular weight excluding hydrogens is 331 g/mol. The molecule has 0 spiro atoms. The lowest BCUT2D eigenvalue weighted by Gasteiger charge is -2.04. The zero-order valence-corrected chi connectivity index (χ0v) is 13.9. The van der Waals surface area contributed by atoms with E-state index in [4.69, 9.17) is 4.74 Å². The Kier molecular flexibility index (Phi) is 6.62. The highest BCUT2D eigenvalue weighted by molar-refractivity contribution is 7.11. The van der Waals surface area contributed by atoms with Crippen LogP contribution in [0.5, 0.6) is 0 Å². The average molecular weight is 348 g/mol. The molecule has 1 aromatic heterocycles. The maximum absolute atomic E-state index is 12.9. The van der Waals surface area contributed by atoms with E-state index in [-0.39, 0.29) is 5.78 Å². The van der Waals surface area contributed by atoms with E-state index in [9.17, 15) is 14.0 Å². The molecule has 0 aliphatic carbocycles. The molecule has 0 saturated carbocycles. The molecule has 126 valence electrons. The summed E-state index contributed by atoms with van der Waals surface area (Å²) in [5.74, 6) is -0.324. The van der Waals surface area contributed by atoms with Crippen LogP contribution in [-0.2, 0) is 4.74 Å². The topological polar surface area (TPSA) is 68.3 Å². The first-order valence-electron chi connectivity index (χ1n) is 7.45. The van der Waals surface area contributed by atoms with E-state index < -0.39 is 11.9 Å². The smallest absolute Gasteiger partial charge is 0.412 e. The predicted octanol–water partition coefficient (Wildman–Crippen LogP) is 4.53. The molecule has 5 nitrogen and oxygen atoms in total. The van der Waals surface area contributed by atoms with E-state index in [1.54, 1.807) is 11.6 Å². The normalized spacial score (nSPS) is 10.8. The van der Waals surface area contributed by atoms with E-state index in [1.165, 1.54) is 41.7 Å². The van der Waals surface area contributed by atoms with Gasteiger partial charge in [-0.1, -0.05) is 13.3 Å². The van der Waals surface area contributed by atoms with Crippen LogP contribution in [0.4, 0.5) is 15.0 Å². The largest absolute Gasteiger partial charge is 0.449 e. The molecule has 0 aliphatic heterocycles. The highest BCUT2D eigenvalue weighted by atomic mass is 32.1. The lowest BCUT2D eigenvalue weighted by molar-refractivity contribution is 0.104. The predicted molar refractivity (Wildman–Crippen MR) is 91.8 cm³/mol. The van der Waals surface area contributed by atoms with Gasteiger partial charge in [0.2, 0.25) is 0 Å². The highest BCUT2D eigenvalue weighted by Crippen LogP contribution is 2.21. The first-order chi connectivity index (χ1) is 11.6. The lowest BCUT2D eigenvalue weighted by atomic mass is 10.1. The number of ether oxygens (including phenoxy) is 1. The number of hydrogen-bond acceptors (Lipinski definition) is 5. The summed E-state index contributed by atoms with van der Waals surface area (Å²) in [4.78, 5) is 28.3. The molecule has 2 rings (SSSR count). The van der Waals surface area contributed by atoms with Crippen LogP contribution in [0.2, 0.25) is 0 Å². The molecule has 0 unspecified atom stereocenters. The summed E-state index contributed by atoms with van der Waals surface area (Å²) in [6.07, 6.45) is 4.07. The average Bonchev–Trinajstić information content (AvgIpc) is 3.00. The molecule has 1 heterocycles. The van der Waals surface area contributed by atoms with Gasteiger partial charge in [0.1, 0.15) is 5.82 Å². The number of nitrogens with one attached hydrogen (secondary N) is 1. The van der Waals surface area contributed by atoms with Crippen LogP contribution in [-0.4, -0.2) is 23.5 Å². The molecule has 1 aromatic carbocycles. The van der Waals surface area contributed by atoms with Crippen molar-refractivity contribution in [2.24, 2.45) is 0 Å². The van der Waals surface area contributed by atoms with E-state index in [2.05, 4.69) is 10.3 Å². The fourth-order valence-corrected chi connectivity index (χ4v) is 2.40. The van der Waals surface area contributed by atoms with Gasteiger partial charge in [-0.25, -0.2) is 14.2 Å². The number of unbranched alkanes of at least 4 members (excludes halogenated alkanes) is 1. The standard InChI is InChI=1S/C17H17FN2O3S/c1-2-3-10-23-17(22)20-16-15(24-11-19-16)9-8-14(21)12-4-6-13(18)7-5-12/h4-9,11H,2-3,10H2,1H3,(H,20,22)/b9-8+. The number of carbonyl (C=O) groups excluding carboxylic acids is 2. The maximum Gasteiger partial charge on any atom is 0.412 e. The van der Waals surface area contributed by atoms with Crippen molar-refractivity contribution in [3.05, 3.63) is 52.1 Å². The maximum atomic E-state index is 12.9. The third-order valence-electron chi connectivity index (χ3n) is 3.06. The number of amides is 1. The Morgan fingerprint density at radius 1 is 1.33 bits per heavy atom. The lowest BCUT2D eigenvalue weighted by Crippen LogP contribution is -2.15. The van der Waals surface area contributed by atoms with Crippen LogP contribution in [0, 0.1) is 5.82 Å². The van der Waals surface area contributed by atoms with Crippen molar-refractivity contribution in [1.29, 1.82) is 0 Å². The van der Waals surface area contributed by atoms with E-state index in [1.807, 2.05) is 6.92 Å². The van der Waals surface area contributed by atoms with Crippen molar-refractivity contribution in [2.75, 3.05) is 11.9 Å². The van der Waals surface area contributed by atoms with Gasteiger partial charge < -0.3 is 4.74 Å². The molecule has 7 heteroatoms. The van der Waals surface area contributed by atoms with E-state index >= 15 is 0 Å². The first kappa shape index (κ1) is 17.8. The summed E-state index contributed by atoms with van der Waals surface area (Å²) in [6, 6.07) is 5.29. The van der Waals surface area contributed by atoms with E-state index in [0.29, 0.717) is 22.9 Å². The van der Waals surface area contributed by atoms with Crippen LogP contribution < -0.4 is 5.32 Å².